The summed E-state index contributed by atoms with van der Waals surface area (Å²) in [4.78, 5) is 2.57. The summed E-state index contributed by atoms with van der Waals surface area (Å²) in [6.45, 7) is 2.26. The Hall–Kier alpha value is -1.30. The zero-order chi connectivity index (χ0) is 19.4. The van der Waals surface area contributed by atoms with Gasteiger partial charge in [0.1, 0.15) is 0 Å². The number of hydrogen-bond acceptors (Lipinski definition) is 5. The van der Waals surface area contributed by atoms with Gasteiger partial charge in [-0.1, -0.05) is 18.9 Å². The lowest BCUT2D eigenvalue weighted by atomic mass is 9.66. The molecule has 1 aliphatic heterocycles. The van der Waals surface area contributed by atoms with Crippen LogP contribution >= 0.6 is 0 Å². The largest absolute Gasteiger partial charge is 0.504 e. The van der Waals surface area contributed by atoms with E-state index in [4.69, 9.17) is 0 Å². The summed E-state index contributed by atoms with van der Waals surface area (Å²) in [5.41, 5.74) is 4.99. The second-order valence-corrected chi connectivity index (χ2v) is 8.54. The van der Waals surface area contributed by atoms with Gasteiger partial charge in [-0.05, 0) is 88.1 Å². The number of nitrogens with zero attached hydrogens (tertiary/aromatic N) is 1. The first-order valence-corrected chi connectivity index (χ1v) is 10.6. The average molecular weight is 377 g/mol. The molecule has 3 aliphatic rings. The van der Waals surface area contributed by atoms with Gasteiger partial charge in [0.15, 0.2) is 11.5 Å². The molecule has 3 fully saturated rings. The molecule has 4 rings (SSSR count). The van der Waals surface area contributed by atoms with Gasteiger partial charge in [-0.25, -0.2) is 0 Å². The highest BCUT2D eigenvalue weighted by Crippen LogP contribution is 2.46. The highest BCUT2D eigenvalue weighted by Gasteiger charge is 2.50. The van der Waals surface area contributed by atoms with Crippen molar-refractivity contribution in [2.24, 2.45) is 17.6 Å². The number of nitrogens with two attached hydrogens (primary N) is 1. The van der Waals surface area contributed by atoms with Crippen LogP contribution in [0.2, 0.25) is 0 Å². The molecule has 152 valence electrons. The van der Waals surface area contributed by atoms with Gasteiger partial charge < -0.3 is 21.1 Å². The van der Waals surface area contributed by atoms with E-state index in [0.29, 0.717) is 5.92 Å². The van der Waals surface area contributed by atoms with Gasteiger partial charge in [-0.3, -0.25) is 4.90 Å². The van der Waals surface area contributed by atoms with E-state index in [-0.39, 0.29) is 17.5 Å². The van der Waals surface area contributed by atoms with Crippen molar-refractivity contribution >= 4 is 0 Å². The van der Waals surface area contributed by atoms with Crippen LogP contribution in [0.3, 0.4) is 0 Å². The Labute approximate surface area is 163 Å². The minimum atomic E-state index is -0.537. The molecule has 0 bridgehead atoms. The Morgan fingerprint density at radius 1 is 1.07 bits per heavy atom. The molecule has 0 amide bonds. The maximum Gasteiger partial charge on any atom is 0.157 e. The molecule has 27 heavy (non-hydrogen) atoms. The Bertz CT molecular complexity index is 620. The van der Waals surface area contributed by atoms with E-state index in [1.165, 1.54) is 32.7 Å². The molecule has 0 radical (unpaired) electrons. The number of phenols is 2. The molecule has 2 aliphatic carbocycles. The fourth-order valence-corrected chi connectivity index (χ4v) is 5.19. The van der Waals surface area contributed by atoms with E-state index in [1.54, 1.807) is 12.1 Å². The molecule has 1 heterocycles. The molecule has 2 unspecified atom stereocenters. The van der Waals surface area contributed by atoms with E-state index >= 15 is 0 Å². The van der Waals surface area contributed by atoms with Crippen LogP contribution in [-0.2, 0) is 6.42 Å². The number of phenolic OH excluding ortho intramolecular Hbond substituents is 2. The SMILES string of the molecule is CN.Oc1ccc(CC[C@H]2N(CC3CC3)CCC3CCCCC32O)cc1O. The fraction of sp³-hybridized carbons (Fsp3) is 0.727. The molecular formula is C22H36N2O3. The van der Waals surface area contributed by atoms with Gasteiger partial charge >= 0.3 is 0 Å². The monoisotopic (exact) mass is 376 g/mol. The fourth-order valence-electron chi connectivity index (χ4n) is 5.19. The molecule has 0 spiro atoms. The Morgan fingerprint density at radius 2 is 1.85 bits per heavy atom. The number of piperidine rings is 1. The van der Waals surface area contributed by atoms with E-state index < -0.39 is 5.60 Å². The van der Waals surface area contributed by atoms with Crippen molar-refractivity contribution in [1.29, 1.82) is 0 Å². The zero-order valence-electron chi connectivity index (χ0n) is 16.6. The summed E-state index contributed by atoms with van der Waals surface area (Å²) in [6.07, 6.45) is 10.1. The van der Waals surface area contributed by atoms with Gasteiger partial charge in [-0.2, -0.15) is 0 Å². The van der Waals surface area contributed by atoms with Crippen LogP contribution in [0.4, 0.5) is 0 Å². The predicted molar refractivity (Wildman–Crippen MR) is 108 cm³/mol. The first kappa shape index (κ1) is 20.4. The summed E-state index contributed by atoms with van der Waals surface area (Å²) >= 11 is 0. The molecule has 5 heteroatoms. The van der Waals surface area contributed by atoms with Crippen molar-refractivity contribution in [2.75, 3.05) is 20.1 Å². The van der Waals surface area contributed by atoms with Gasteiger partial charge in [0.2, 0.25) is 0 Å². The molecule has 0 aromatic heterocycles. The summed E-state index contributed by atoms with van der Waals surface area (Å²) in [6, 6.07) is 5.33. The lowest BCUT2D eigenvalue weighted by Gasteiger charge is -2.54. The number of aliphatic hydroxyl groups is 1. The Kier molecular flexibility index (Phi) is 6.66. The maximum absolute atomic E-state index is 11.6. The molecule has 2 saturated carbocycles. The smallest absolute Gasteiger partial charge is 0.157 e. The summed E-state index contributed by atoms with van der Waals surface area (Å²) < 4.78 is 0. The van der Waals surface area contributed by atoms with Crippen LogP contribution in [-0.4, -0.2) is 52.0 Å². The van der Waals surface area contributed by atoms with Crippen molar-refractivity contribution in [1.82, 2.24) is 4.90 Å². The second kappa shape index (κ2) is 8.80. The third-order valence-corrected chi connectivity index (χ3v) is 6.81. The number of hydrogen-bond donors (Lipinski definition) is 4. The number of aromatic hydroxyl groups is 2. The molecule has 1 aromatic carbocycles. The highest BCUT2D eigenvalue weighted by atomic mass is 16.3. The van der Waals surface area contributed by atoms with Gasteiger partial charge in [0, 0.05) is 12.6 Å². The summed E-state index contributed by atoms with van der Waals surface area (Å²) in [5, 5.41) is 30.9. The standard InChI is InChI=1S/C21H31NO3.CH5N/c23-18-8-6-15(13-19(18)24)7-9-20-21(25)11-2-1-3-17(21)10-12-22(20)14-16-4-5-16;1-2/h6,8,13,16-17,20,23-25H,1-5,7,9-12,14H2;2H2,1H3/t17?,20-,21?;/m1./s1. The summed E-state index contributed by atoms with van der Waals surface area (Å²) in [7, 11) is 1.50. The van der Waals surface area contributed by atoms with E-state index in [9.17, 15) is 15.3 Å². The molecule has 5 N–H and O–H groups in total. The summed E-state index contributed by atoms with van der Waals surface area (Å²) in [5.74, 6) is 1.17. The zero-order valence-corrected chi connectivity index (χ0v) is 16.6. The van der Waals surface area contributed by atoms with E-state index in [2.05, 4.69) is 10.6 Å². The van der Waals surface area contributed by atoms with Crippen molar-refractivity contribution in [3.63, 3.8) is 0 Å². The third-order valence-electron chi connectivity index (χ3n) is 6.81. The van der Waals surface area contributed by atoms with Crippen LogP contribution in [0.15, 0.2) is 18.2 Å². The van der Waals surface area contributed by atoms with Crippen molar-refractivity contribution in [3.05, 3.63) is 23.8 Å². The second-order valence-electron chi connectivity index (χ2n) is 8.54. The normalized spacial score (nSPS) is 30.9. The number of likely N-dealkylation sites (tertiary alicyclic amines) is 1. The number of fused-ring (bicyclic) bond motifs is 1. The number of rotatable bonds is 5. The average Bonchev–Trinajstić information content (AvgIpc) is 3.49. The third kappa shape index (κ3) is 4.58. The Morgan fingerprint density at radius 3 is 2.56 bits per heavy atom. The van der Waals surface area contributed by atoms with Crippen LogP contribution in [0.5, 0.6) is 11.5 Å². The number of benzene rings is 1. The van der Waals surface area contributed by atoms with Crippen LogP contribution in [0.25, 0.3) is 0 Å². The van der Waals surface area contributed by atoms with Gasteiger partial charge in [0.05, 0.1) is 5.60 Å². The van der Waals surface area contributed by atoms with E-state index in [1.807, 2.05) is 6.07 Å². The topological polar surface area (TPSA) is 90.0 Å². The van der Waals surface area contributed by atoms with Crippen molar-refractivity contribution in [3.8, 4) is 11.5 Å². The molecule has 3 atom stereocenters. The predicted octanol–water partition coefficient (Wildman–Crippen LogP) is 3.01. The first-order chi connectivity index (χ1) is 13.1. The van der Waals surface area contributed by atoms with E-state index in [0.717, 1.165) is 56.7 Å². The minimum Gasteiger partial charge on any atom is -0.504 e. The van der Waals surface area contributed by atoms with Crippen LogP contribution in [0, 0.1) is 11.8 Å². The lowest BCUT2D eigenvalue weighted by molar-refractivity contribution is -0.143. The lowest BCUT2D eigenvalue weighted by Crippen LogP contribution is -2.62. The first-order valence-electron chi connectivity index (χ1n) is 10.6. The molecule has 1 saturated heterocycles. The highest BCUT2D eigenvalue weighted by molar-refractivity contribution is 5.40. The number of aryl methyl sites for hydroxylation is 1. The quantitative estimate of drug-likeness (QED) is 0.593. The van der Waals surface area contributed by atoms with Crippen molar-refractivity contribution in [2.45, 2.75) is 69.4 Å². The van der Waals surface area contributed by atoms with Gasteiger partial charge in [-0.15, -0.1) is 0 Å². The molecule has 5 nitrogen and oxygen atoms in total. The van der Waals surface area contributed by atoms with Gasteiger partial charge in [0.25, 0.3) is 0 Å². The maximum atomic E-state index is 11.6. The molecular weight excluding hydrogens is 340 g/mol. The Balaban J connectivity index is 0.00000102. The van der Waals surface area contributed by atoms with Crippen molar-refractivity contribution < 1.29 is 15.3 Å². The minimum absolute atomic E-state index is 0.0507. The van der Waals surface area contributed by atoms with Crippen LogP contribution < -0.4 is 5.73 Å². The van der Waals surface area contributed by atoms with Crippen LogP contribution in [0.1, 0.15) is 56.9 Å². The molecule has 1 aromatic rings.